The van der Waals surface area contributed by atoms with Crippen molar-refractivity contribution in [2.75, 3.05) is 6.54 Å². The van der Waals surface area contributed by atoms with Crippen LogP contribution in [-0.4, -0.2) is 29.2 Å². The van der Waals surface area contributed by atoms with Gasteiger partial charge in [0.15, 0.2) is 5.78 Å². The van der Waals surface area contributed by atoms with Crippen LogP contribution in [0.15, 0.2) is 42.5 Å². The van der Waals surface area contributed by atoms with Crippen LogP contribution in [0, 0.1) is 11.3 Å². The lowest BCUT2D eigenvalue weighted by atomic mass is 9.89. The van der Waals surface area contributed by atoms with Crippen LogP contribution < -0.4 is 5.32 Å². The molecule has 6 nitrogen and oxygen atoms in total. The van der Waals surface area contributed by atoms with Crippen LogP contribution in [0.4, 0.5) is 4.79 Å². The lowest BCUT2D eigenvalue weighted by molar-refractivity contribution is -0.130. The third-order valence-electron chi connectivity index (χ3n) is 5.83. The molecule has 3 rings (SSSR count). The number of amides is 3. The highest BCUT2D eigenvalue weighted by molar-refractivity contribution is 6.11. The number of carbonyl (C=O) groups is 3. The lowest BCUT2D eigenvalue weighted by Crippen LogP contribution is -2.41. The highest BCUT2D eigenvalue weighted by Gasteiger charge is 2.49. The summed E-state index contributed by atoms with van der Waals surface area (Å²) in [6.45, 7) is 9.52. The summed E-state index contributed by atoms with van der Waals surface area (Å²) in [7, 11) is 0. The van der Waals surface area contributed by atoms with Gasteiger partial charge in [0.1, 0.15) is 5.54 Å². The van der Waals surface area contributed by atoms with Crippen molar-refractivity contribution in [3.8, 4) is 6.07 Å². The summed E-state index contributed by atoms with van der Waals surface area (Å²) in [6, 6.07) is 13.7. The molecule has 1 atom stereocenters. The van der Waals surface area contributed by atoms with Gasteiger partial charge in [0.25, 0.3) is 5.91 Å². The van der Waals surface area contributed by atoms with Gasteiger partial charge in [0.05, 0.1) is 18.2 Å². The van der Waals surface area contributed by atoms with Crippen LogP contribution in [-0.2, 0) is 10.3 Å². The number of ketones is 1. The molecule has 1 saturated heterocycles. The summed E-state index contributed by atoms with van der Waals surface area (Å²) < 4.78 is 0. The number of imide groups is 1. The number of rotatable bonds is 6. The van der Waals surface area contributed by atoms with Crippen LogP contribution >= 0.6 is 0 Å². The Morgan fingerprint density at radius 2 is 1.71 bits per heavy atom. The number of carbonyl (C=O) groups excluding carboxylic acids is 3. The molecule has 0 saturated carbocycles. The number of urea groups is 1. The SMILES string of the molecule is CC(C)c1ccc(C(=O)CN2C(=O)NC(C)(c3ccc(C#N)cc3)C2=O)c(C(C)C)c1. The van der Waals surface area contributed by atoms with Crippen molar-refractivity contribution in [3.05, 3.63) is 70.3 Å². The minimum atomic E-state index is -1.28. The highest BCUT2D eigenvalue weighted by atomic mass is 16.2. The average Bonchev–Trinajstić information content (AvgIpc) is 2.97. The zero-order valence-corrected chi connectivity index (χ0v) is 18.5. The highest BCUT2D eigenvalue weighted by Crippen LogP contribution is 2.30. The van der Waals surface area contributed by atoms with Gasteiger partial charge in [-0.25, -0.2) is 4.79 Å². The van der Waals surface area contributed by atoms with E-state index in [0.717, 1.165) is 16.0 Å². The molecule has 0 radical (unpaired) electrons. The van der Waals surface area contributed by atoms with Crippen molar-refractivity contribution in [1.82, 2.24) is 10.2 Å². The molecule has 0 bridgehead atoms. The third kappa shape index (κ3) is 4.09. The molecule has 1 aliphatic rings. The van der Waals surface area contributed by atoms with E-state index in [0.29, 0.717) is 22.6 Å². The molecule has 1 heterocycles. The van der Waals surface area contributed by atoms with Gasteiger partial charge in [-0.1, -0.05) is 58.0 Å². The van der Waals surface area contributed by atoms with Crippen molar-refractivity contribution in [2.45, 2.75) is 52.0 Å². The van der Waals surface area contributed by atoms with Gasteiger partial charge in [0.2, 0.25) is 0 Å². The molecule has 3 amide bonds. The molecular formula is C25H27N3O3. The first-order chi connectivity index (χ1) is 14.6. The van der Waals surface area contributed by atoms with Crippen molar-refractivity contribution in [3.63, 3.8) is 0 Å². The zero-order valence-electron chi connectivity index (χ0n) is 18.5. The molecule has 31 heavy (non-hydrogen) atoms. The fourth-order valence-electron chi connectivity index (χ4n) is 3.82. The lowest BCUT2D eigenvalue weighted by Gasteiger charge is -2.22. The summed E-state index contributed by atoms with van der Waals surface area (Å²) in [5.74, 6) is -0.294. The summed E-state index contributed by atoms with van der Waals surface area (Å²) in [4.78, 5) is 39.9. The van der Waals surface area contributed by atoms with Gasteiger partial charge in [-0.05, 0) is 47.6 Å². The van der Waals surface area contributed by atoms with Gasteiger partial charge in [-0.2, -0.15) is 5.26 Å². The summed E-state index contributed by atoms with van der Waals surface area (Å²) >= 11 is 0. The largest absolute Gasteiger partial charge is 0.325 e. The summed E-state index contributed by atoms with van der Waals surface area (Å²) in [5, 5.41) is 11.7. The van der Waals surface area contributed by atoms with E-state index < -0.39 is 17.5 Å². The van der Waals surface area contributed by atoms with Crippen molar-refractivity contribution < 1.29 is 14.4 Å². The molecule has 0 aromatic heterocycles. The minimum absolute atomic E-state index is 0.129. The van der Waals surface area contributed by atoms with E-state index >= 15 is 0 Å². The van der Waals surface area contributed by atoms with E-state index in [4.69, 9.17) is 5.26 Å². The van der Waals surface area contributed by atoms with Gasteiger partial charge >= 0.3 is 6.03 Å². The number of Topliss-reactive ketones (excluding diaryl/α,β-unsaturated/α-hetero) is 1. The number of hydrogen-bond acceptors (Lipinski definition) is 4. The molecule has 1 aliphatic heterocycles. The number of nitrogens with zero attached hydrogens (tertiary/aromatic N) is 2. The molecule has 1 N–H and O–H groups in total. The minimum Gasteiger partial charge on any atom is -0.319 e. The van der Waals surface area contributed by atoms with Gasteiger partial charge in [0, 0.05) is 5.56 Å². The molecular weight excluding hydrogens is 390 g/mol. The van der Waals surface area contributed by atoms with Gasteiger partial charge in [-0.3, -0.25) is 14.5 Å². The van der Waals surface area contributed by atoms with Gasteiger partial charge < -0.3 is 5.32 Å². The Morgan fingerprint density at radius 3 is 2.26 bits per heavy atom. The molecule has 160 valence electrons. The fourth-order valence-corrected chi connectivity index (χ4v) is 3.82. The predicted octanol–water partition coefficient (Wildman–Crippen LogP) is 4.45. The smallest absolute Gasteiger partial charge is 0.319 e. The molecule has 6 heteroatoms. The predicted molar refractivity (Wildman–Crippen MR) is 118 cm³/mol. The van der Waals surface area contributed by atoms with E-state index in [1.165, 1.54) is 0 Å². The maximum atomic E-state index is 13.1. The molecule has 2 aromatic carbocycles. The van der Waals surface area contributed by atoms with E-state index in [9.17, 15) is 14.4 Å². The van der Waals surface area contributed by atoms with Crippen molar-refractivity contribution >= 4 is 17.7 Å². The summed E-state index contributed by atoms with van der Waals surface area (Å²) in [5.41, 5.74) is 2.33. The molecule has 0 spiro atoms. The van der Waals surface area contributed by atoms with Crippen molar-refractivity contribution in [1.29, 1.82) is 5.26 Å². The normalized spacial score (nSPS) is 18.5. The fraction of sp³-hybridized carbons (Fsp3) is 0.360. The maximum Gasteiger partial charge on any atom is 0.325 e. The van der Waals surface area contributed by atoms with E-state index in [-0.39, 0.29) is 18.2 Å². The van der Waals surface area contributed by atoms with Crippen LogP contribution in [0.2, 0.25) is 0 Å². The maximum absolute atomic E-state index is 13.1. The topological polar surface area (TPSA) is 90.3 Å². The average molecular weight is 418 g/mol. The second-order valence-electron chi connectivity index (χ2n) is 8.71. The second kappa shape index (κ2) is 8.35. The van der Waals surface area contributed by atoms with Gasteiger partial charge in [-0.15, -0.1) is 0 Å². The Hall–Kier alpha value is -3.46. The first kappa shape index (κ1) is 22.2. The number of nitriles is 1. The van der Waals surface area contributed by atoms with Crippen LogP contribution in [0.25, 0.3) is 0 Å². The zero-order chi connectivity index (χ0) is 22.9. The first-order valence-electron chi connectivity index (χ1n) is 10.4. The van der Waals surface area contributed by atoms with Crippen LogP contribution in [0.3, 0.4) is 0 Å². The Balaban J connectivity index is 1.87. The Bertz CT molecular complexity index is 1080. The molecule has 0 aliphatic carbocycles. The van der Waals surface area contributed by atoms with Crippen molar-refractivity contribution in [2.24, 2.45) is 0 Å². The Labute approximate surface area is 182 Å². The van der Waals surface area contributed by atoms with E-state index in [1.54, 1.807) is 37.3 Å². The number of benzene rings is 2. The van der Waals surface area contributed by atoms with Crippen LogP contribution in [0.1, 0.15) is 79.1 Å². The van der Waals surface area contributed by atoms with E-state index in [2.05, 4.69) is 19.2 Å². The van der Waals surface area contributed by atoms with Crippen LogP contribution in [0.5, 0.6) is 0 Å². The summed E-state index contributed by atoms with van der Waals surface area (Å²) in [6.07, 6.45) is 0. The monoisotopic (exact) mass is 417 g/mol. The number of nitrogens with one attached hydrogen (secondary N) is 1. The Kier molecular flexibility index (Phi) is 5.99. The third-order valence-corrected chi connectivity index (χ3v) is 5.83. The molecule has 1 fully saturated rings. The van der Waals surface area contributed by atoms with E-state index in [1.807, 2.05) is 32.0 Å². The Morgan fingerprint density at radius 1 is 1.06 bits per heavy atom. The first-order valence-corrected chi connectivity index (χ1v) is 10.4. The quantitative estimate of drug-likeness (QED) is 0.555. The second-order valence-corrected chi connectivity index (χ2v) is 8.71. The molecule has 2 aromatic rings. The molecule has 1 unspecified atom stereocenters. The number of hydrogen-bond donors (Lipinski definition) is 1. The standard InChI is InChI=1S/C25H27N3O3/c1-15(2)18-8-11-20(21(12-18)16(3)4)22(29)14-28-23(30)25(5,27-24(28)31)19-9-6-17(13-26)7-10-19/h6-12,15-16H,14H2,1-5H3,(H,27,31).